The maximum Gasteiger partial charge on any atom is 0.316 e. The van der Waals surface area contributed by atoms with E-state index in [1.165, 1.54) is 6.92 Å². The van der Waals surface area contributed by atoms with Gasteiger partial charge in [-0.15, -0.1) is 0 Å². The average molecular weight is 327 g/mol. The molecule has 0 saturated heterocycles. The summed E-state index contributed by atoms with van der Waals surface area (Å²) in [7, 11) is 0. The minimum atomic E-state index is -0.861. The molecule has 1 aliphatic carbocycles. The van der Waals surface area contributed by atoms with Crippen molar-refractivity contribution in [1.29, 1.82) is 0 Å². The van der Waals surface area contributed by atoms with E-state index < -0.39 is 34.9 Å². The number of nitro groups is 1. The van der Waals surface area contributed by atoms with Gasteiger partial charge in [-0.3, -0.25) is 19.7 Å². The number of ether oxygens (including phenoxy) is 2. The van der Waals surface area contributed by atoms with Crippen molar-refractivity contribution in [2.45, 2.75) is 52.1 Å². The number of carbonyl (C=O) groups is 2. The topological polar surface area (TPSA) is 95.7 Å². The molecule has 23 heavy (non-hydrogen) atoms. The first-order chi connectivity index (χ1) is 10.8. The van der Waals surface area contributed by atoms with Gasteiger partial charge in [-0.1, -0.05) is 19.4 Å². The molecular formula is C16H25NO6. The van der Waals surface area contributed by atoms with E-state index in [9.17, 15) is 19.7 Å². The zero-order valence-corrected chi connectivity index (χ0v) is 13.9. The Kier molecular flexibility index (Phi) is 7.19. The lowest BCUT2D eigenvalue weighted by molar-refractivity contribution is -0.487. The second kappa shape index (κ2) is 8.64. The van der Waals surface area contributed by atoms with Crippen molar-refractivity contribution in [3.05, 3.63) is 22.3 Å². The van der Waals surface area contributed by atoms with Crippen molar-refractivity contribution < 1.29 is 24.0 Å². The number of rotatable bonds is 9. The van der Waals surface area contributed by atoms with Gasteiger partial charge in [0.15, 0.2) is 0 Å². The molecule has 0 spiro atoms. The van der Waals surface area contributed by atoms with Gasteiger partial charge in [0.05, 0.1) is 6.61 Å². The monoisotopic (exact) mass is 327 g/mol. The van der Waals surface area contributed by atoms with Crippen LogP contribution in [0.15, 0.2) is 12.2 Å². The Morgan fingerprint density at radius 3 is 2.65 bits per heavy atom. The molecule has 7 nitrogen and oxygen atoms in total. The van der Waals surface area contributed by atoms with Gasteiger partial charge in [0, 0.05) is 17.8 Å². The number of carbonyl (C=O) groups excluding carboxylic acids is 2. The van der Waals surface area contributed by atoms with Crippen LogP contribution >= 0.6 is 0 Å². The van der Waals surface area contributed by atoms with Gasteiger partial charge >= 0.3 is 11.9 Å². The molecule has 0 aromatic rings. The molecule has 130 valence electrons. The second-order valence-electron chi connectivity index (χ2n) is 5.86. The lowest BCUT2D eigenvalue weighted by Crippen LogP contribution is -2.36. The number of hydrogen-bond acceptors (Lipinski definition) is 6. The summed E-state index contributed by atoms with van der Waals surface area (Å²) in [5, 5.41) is 10.9. The third-order valence-electron chi connectivity index (χ3n) is 3.98. The van der Waals surface area contributed by atoms with Crippen molar-refractivity contribution >= 4 is 11.9 Å². The maximum atomic E-state index is 12.0. The number of hydrogen-bond donors (Lipinski definition) is 0. The van der Waals surface area contributed by atoms with Crippen molar-refractivity contribution in [1.82, 2.24) is 0 Å². The molecule has 0 saturated carbocycles. The standard InChI is InChI=1S/C16H25NO6/c1-4-6-8-16(23-12(3)18)9-7-13(10-16)14(11-17(20)21)15(19)22-5-2/h7,9,13-14H,4-6,8,10-11H2,1-3H3/t13-,14+,16+/m0/s1. The lowest BCUT2D eigenvalue weighted by Gasteiger charge is -2.29. The first-order valence-corrected chi connectivity index (χ1v) is 8.01. The fourth-order valence-corrected chi connectivity index (χ4v) is 2.98. The van der Waals surface area contributed by atoms with Crippen LogP contribution in [0.5, 0.6) is 0 Å². The smallest absolute Gasteiger partial charge is 0.316 e. The minimum absolute atomic E-state index is 0.175. The predicted molar refractivity (Wildman–Crippen MR) is 83.3 cm³/mol. The van der Waals surface area contributed by atoms with E-state index in [-0.39, 0.29) is 12.5 Å². The summed E-state index contributed by atoms with van der Waals surface area (Å²) >= 11 is 0. The maximum absolute atomic E-state index is 12.0. The van der Waals surface area contributed by atoms with Crippen LogP contribution in [0.4, 0.5) is 0 Å². The van der Waals surface area contributed by atoms with Gasteiger partial charge in [-0.05, 0) is 32.3 Å². The molecule has 0 bridgehead atoms. The van der Waals surface area contributed by atoms with Crippen LogP contribution in [-0.2, 0) is 19.1 Å². The van der Waals surface area contributed by atoms with Crippen LogP contribution in [0.25, 0.3) is 0 Å². The van der Waals surface area contributed by atoms with E-state index in [2.05, 4.69) is 0 Å². The Hall–Kier alpha value is -1.92. The third kappa shape index (κ3) is 5.65. The summed E-state index contributed by atoms with van der Waals surface area (Å²) in [6, 6.07) is 0. The molecule has 3 atom stereocenters. The first kappa shape index (κ1) is 19.1. The van der Waals surface area contributed by atoms with Crippen molar-refractivity contribution in [3.8, 4) is 0 Å². The molecule has 0 amide bonds. The summed E-state index contributed by atoms with van der Waals surface area (Å²) in [6.07, 6.45) is 6.36. The quantitative estimate of drug-likeness (QED) is 0.279. The molecule has 0 aromatic heterocycles. The van der Waals surface area contributed by atoms with Gasteiger partial charge in [0.2, 0.25) is 6.54 Å². The molecule has 0 fully saturated rings. The Morgan fingerprint density at radius 2 is 2.13 bits per heavy atom. The molecule has 1 rings (SSSR count). The van der Waals surface area contributed by atoms with Crippen molar-refractivity contribution in [2.75, 3.05) is 13.2 Å². The highest BCUT2D eigenvalue weighted by atomic mass is 16.6. The number of allylic oxidation sites excluding steroid dienone is 1. The lowest BCUT2D eigenvalue weighted by atomic mass is 9.86. The molecule has 0 aliphatic heterocycles. The largest absolute Gasteiger partial charge is 0.466 e. The van der Waals surface area contributed by atoms with Crippen molar-refractivity contribution in [2.24, 2.45) is 11.8 Å². The highest BCUT2D eigenvalue weighted by Gasteiger charge is 2.44. The van der Waals surface area contributed by atoms with Crippen LogP contribution in [0.3, 0.4) is 0 Å². The van der Waals surface area contributed by atoms with E-state index in [1.807, 2.05) is 6.92 Å². The summed E-state index contributed by atoms with van der Waals surface area (Å²) in [6.45, 7) is 4.72. The summed E-state index contributed by atoms with van der Waals surface area (Å²) in [5.41, 5.74) is -0.770. The fourth-order valence-electron chi connectivity index (χ4n) is 2.98. The predicted octanol–water partition coefficient (Wildman–Crippen LogP) is 2.51. The summed E-state index contributed by atoms with van der Waals surface area (Å²) in [4.78, 5) is 33.8. The Bertz CT molecular complexity index is 475. The molecule has 0 radical (unpaired) electrons. The average Bonchev–Trinajstić information content (AvgIpc) is 2.86. The number of unbranched alkanes of at least 4 members (excludes halogenated alkanes) is 1. The van der Waals surface area contributed by atoms with Crippen molar-refractivity contribution in [3.63, 3.8) is 0 Å². The molecular weight excluding hydrogens is 302 g/mol. The Balaban J connectivity index is 2.90. The minimum Gasteiger partial charge on any atom is -0.466 e. The highest BCUT2D eigenvalue weighted by Crippen LogP contribution is 2.39. The third-order valence-corrected chi connectivity index (χ3v) is 3.98. The van der Waals surface area contributed by atoms with Gasteiger partial charge in [-0.25, -0.2) is 0 Å². The molecule has 0 aromatic carbocycles. The fraction of sp³-hybridized carbons (Fsp3) is 0.750. The molecule has 7 heteroatoms. The van der Waals surface area contributed by atoms with Gasteiger partial charge in [0.1, 0.15) is 11.5 Å². The van der Waals surface area contributed by atoms with Gasteiger partial charge in [-0.2, -0.15) is 0 Å². The molecule has 0 unspecified atom stereocenters. The SMILES string of the molecule is CCCC[C@@]1(OC(C)=O)C=C[C@H]([C@@H](C[N+](=O)[O-])C(=O)OCC)C1. The van der Waals surface area contributed by atoms with Crippen LogP contribution < -0.4 is 0 Å². The zero-order chi connectivity index (χ0) is 17.5. The Labute approximate surface area is 136 Å². The van der Waals surface area contributed by atoms with Gasteiger partial charge < -0.3 is 9.47 Å². The number of esters is 2. The van der Waals surface area contributed by atoms with Crippen LogP contribution in [0, 0.1) is 22.0 Å². The number of nitrogens with zero attached hydrogens (tertiary/aromatic N) is 1. The second-order valence-corrected chi connectivity index (χ2v) is 5.86. The van der Waals surface area contributed by atoms with Crippen LogP contribution in [0.2, 0.25) is 0 Å². The van der Waals surface area contributed by atoms with Gasteiger partial charge in [0.25, 0.3) is 0 Å². The van der Waals surface area contributed by atoms with E-state index in [4.69, 9.17) is 9.47 Å². The molecule has 1 aliphatic rings. The van der Waals surface area contributed by atoms with Crippen LogP contribution in [-0.4, -0.2) is 35.6 Å². The van der Waals surface area contributed by atoms with Crippen LogP contribution in [0.1, 0.15) is 46.5 Å². The summed E-state index contributed by atoms with van der Waals surface area (Å²) < 4.78 is 10.4. The van der Waals surface area contributed by atoms with E-state index >= 15 is 0 Å². The summed E-state index contributed by atoms with van der Waals surface area (Å²) in [5.74, 6) is -2.20. The first-order valence-electron chi connectivity index (χ1n) is 8.01. The van der Waals surface area contributed by atoms with E-state index in [0.717, 1.165) is 12.8 Å². The molecule has 0 N–H and O–H groups in total. The molecule has 0 heterocycles. The normalized spacial score (nSPS) is 24.2. The van der Waals surface area contributed by atoms with E-state index in [1.54, 1.807) is 19.1 Å². The Morgan fingerprint density at radius 1 is 1.43 bits per heavy atom. The highest BCUT2D eigenvalue weighted by molar-refractivity contribution is 5.73. The van der Waals surface area contributed by atoms with E-state index in [0.29, 0.717) is 12.8 Å². The zero-order valence-electron chi connectivity index (χ0n) is 13.9.